The summed E-state index contributed by atoms with van der Waals surface area (Å²) in [5.74, 6) is 0.811. The number of carbonyl (C=O) groups excluding carboxylic acids is 1. The highest BCUT2D eigenvalue weighted by molar-refractivity contribution is 7.99. The largest absolute Gasteiger partial charge is 0.339 e. The van der Waals surface area contributed by atoms with Crippen LogP contribution < -0.4 is 0 Å². The van der Waals surface area contributed by atoms with Gasteiger partial charge in [-0.15, -0.1) is 5.10 Å². The molecule has 1 aliphatic rings. The molecule has 10 heteroatoms. The van der Waals surface area contributed by atoms with Gasteiger partial charge >= 0.3 is 0 Å². The van der Waals surface area contributed by atoms with E-state index >= 15 is 0 Å². The predicted octanol–water partition coefficient (Wildman–Crippen LogP) is 2.41. The van der Waals surface area contributed by atoms with Crippen molar-refractivity contribution in [3.8, 4) is 11.4 Å². The molecule has 1 saturated heterocycles. The van der Waals surface area contributed by atoms with Crippen LogP contribution in [0.1, 0.15) is 5.56 Å². The van der Waals surface area contributed by atoms with Gasteiger partial charge in [0.1, 0.15) is 0 Å². The number of amides is 1. The summed E-state index contributed by atoms with van der Waals surface area (Å²) < 4.78 is 27.0. The van der Waals surface area contributed by atoms with Crippen LogP contribution in [-0.4, -0.2) is 70.6 Å². The minimum absolute atomic E-state index is 0.0524. The van der Waals surface area contributed by atoms with Crippen molar-refractivity contribution in [1.82, 2.24) is 24.4 Å². The first kappa shape index (κ1) is 21.5. The summed E-state index contributed by atoms with van der Waals surface area (Å²) in [4.78, 5) is 19.0. The van der Waals surface area contributed by atoms with Crippen LogP contribution in [0.3, 0.4) is 0 Å². The van der Waals surface area contributed by atoms with Crippen LogP contribution in [0, 0.1) is 6.92 Å². The van der Waals surface area contributed by atoms with Crippen molar-refractivity contribution in [2.75, 3.05) is 31.9 Å². The third-order valence-electron chi connectivity index (χ3n) is 5.09. The van der Waals surface area contributed by atoms with Crippen LogP contribution in [0.4, 0.5) is 0 Å². The molecule has 0 unspecified atom stereocenters. The number of piperazine rings is 1. The van der Waals surface area contributed by atoms with Gasteiger partial charge in [0.25, 0.3) is 0 Å². The highest BCUT2D eigenvalue weighted by Crippen LogP contribution is 2.21. The lowest BCUT2D eigenvalue weighted by Gasteiger charge is -2.34. The van der Waals surface area contributed by atoms with Crippen LogP contribution in [0.25, 0.3) is 11.4 Å². The quantitative estimate of drug-likeness (QED) is 0.571. The topological polar surface area (TPSA) is 99.3 Å². The number of hydrogen-bond acceptors (Lipinski definition) is 6. The Balaban J connectivity index is 1.30. The first-order valence-electron chi connectivity index (χ1n) is 9.89. The number of aryl methyl sites for hydroxylation is 1. The maximum Gasteiger partial charge on any atom is 0.243 e. The molecule has 2 heterocycles. The van der Waals surface area contributed by atoms with E-state index in [9.17, 15) is 13.2 Å². The first-order valence-corrected chi connectivity index (χ1v) is 12.3. The van der Waals surface area contributed by atoms with Gasteiger partial charge in [-0.3, -0.25) is 9.89 Å². The molecule has 162 valence electrons. The minimum atomic E-state index is -3.54. The van der Waals surface area contributed by atoms with Crippen LogP contribution in [-0.2, 0) is 14.8 Å². The maximum atomic E-state index is 12.8. The molecule has 0 radical (unpaired) electrons. The van der Waals surface area contributed by atoms with E-state index in [1.807, 2.05) is 37.3 Å². The van der Waals surface area contributed by atoms with Crippen LogP contribution >= 0.6 is 11.8 Å². The van der Waals surface area contributed by atoms with Gasteiger partial charge in [0.2, 0.25) is 21.1 Å². The standard InChI is InChI=1S/C21H23N5O3S2/c1-16-7-9-18(10-8-16)31(28,29)26-13-11-25(12-14-26)19(27)15-30-21-22-20(23-24-21)17-5-3-2-4-6-17/h2-10H,11-15H2,1H3,(H,22,23,24). The third-order valence-corrected chi connectivity index (χ3v) is 7.83. The molecule has 2 aromatic carbocycles. The van der Waals surface area contributed by atoms with Crippen LogP contribution in [0.2, 0.25) is 0 Å². The van der Waals surface area contributed by atoms with Gasteiger partial charge in [0.15, 0.2) is 5.82 Å². The summed E-state index contributed by atoms with van der Waals surface area (Å²) in [6.45, 7) is 3.22. The van der Waals surface area contributed by atoms with Gasteiger partial charge in [-0.05, 0) is 19.1 Å². The fraction of sp³-hybridized carbons (Fsp3) is 0.286. The van der Waals surface area contributed by atoms with Gasteiger partial charge in [0.05, 0.1) is 10.6 Å². The second-order valence-corrected chi connectivity index (χ2v) is 10.1. The lowest BCUT2D eigenvalue weighted by molar-refractivity contribution is -0.129. The van der Waals surface area contributed by atoms with Gasteiger partial charge < -0.3 is 4.90 Å². The smallest absolute Gasteiger partial charge is 0.243 e. The van der Waals surface area contributed by atoms with Gasteiger partial charge in [-0.1, -0.05) is 59.8 Å². The van der Waals surface area contributed by atoms with Crippen molar-refractivity contribution in [2.24, 2.45) is 0 Å². The molecule has 8 nitrogen and oxygen atoms in total. The Bertz CT molecular complexity index is 1140. The van der Waals surface area contributed by atoms with Crippen molar-refractivity contribution < 1.29 is 13.2 Å². The van der Waals surface area contributed by atoms with E-state index in [1.165, 1.54) is 16.1 Å². The summed E-state index contributed by atoms with van der Waals surface area (Å²) in [5.41, 5.74) is 1.94. The molecule has 3 aromatic rings. The number of sulfonamides is 1. The van der Waals surface area contributed by atoms with Gasteiger partial charge in [-0.25, -0.2) is 13.4 Å². The van der Waals surface area contributed by atoms with E-state index in [0.29, 0.717) is 24.1 Å². The molecule has 0 bridgehead atoms. The summed E-state index contributed by atoms with van der Waals surface area (Å²) in [7, 11) is -3.54. The van der Waals surface area contributed by atoms with Crippen molar-refractivity contribution in [1.29, 1.82) is 0 Å². The lowest BCUT2D eigenvalue weighted by Crippen LogP contribution is -2.50. The van der Waals surface area contributed by atoms with Crippen LogP contribution in [0.5, 0.6) is 0 Å². The Kier molecular flexibility index (Phi) is 6.40. The zero-order valence-corrected chi connectivity index (χ0v) is 18.7. The molecule has 4 rings (SSSR count). The van der Waals surface area contributed by atoms with Gasteiger partial charge in [0, 0.05) is 31.7 Å². The highest BCUT2D eigenvalue weighted by Gasteiger charge is 2.30. The molecule has 0 atom stereocenters. The molecule has 0 saturated carbocycles. The Hall–Kier alpha value is -2.69. The predicted molar refractivity (Wildman–Crippen MR) is 119 cm³/mol. The fourth-order valence-electron chi connectivity index (χ4n) is 3.29. The second-order valence-electron chi connectivity index (χ2n) is 7.22. The number of rotatable bonds is 6. The van der Waals surface area contributed by atoms with Crippen molar-refractivity contribution in [3.05, 3.63) is 60.2 Å². The molecule has 0 spiro atoms. The summed E-state index contributed by atoms with van der Waals surface area (Å²) in [5, 5.41) is 7.56. The number of H-pyrrole nitrogens is 1. The molecule has 31 heavy (non-hydrogen) atoms. The average molecular weight is 458 g/mol. The molecule has 1 fully saturated rings. The third kappa shape index (κ3) is 4.97. The van der Waals surface area contributed by atoms with E-state index in [0.717, 1.165) is 11.1 Å². The van der Waals surface area contributed by atoms with E-state index in [1.54, 1.807) is 29.2 Å². The number of benzene rings is 2. The number of thioether (sulfide) groups is 1. The molecule has 1 aromatic heterocycles. The average Bonchev–Trinajstić information content (AvgIpc) is 3.27. The maximum absolute atomic E-state index is 12.8. The zero-order valence-electron chi connectivity index (χ0n) is 17.1. The fourth-order valence-corrected chi connectivity index (χ4v) is 5.41. The SMILES string of the molecule is Cc1ccc(S(=O)(=O)N2CCN(C(=O)CSc3n[nH]c(-c4ccccc4)n3)CC2)cc1. The van der Waals surface area contributed by atoms with Crippen molar-refractivity contribution in [2.45, 2.75) is 17.0 Å². The molecule has 0 aliphatic carbocycles. The molecule has 1 N–H and O–H groups in total. The molecular formula is C21H23N5O3S2. The number of aromatic amines is 1. The van der Waals surface area contributed by atoms with Crippen molar-refractivity contribution >= 4 is 27.7 Å². The minimum Gasteiger partial charge on any atom is -0.339 e. The lowest BCUT2D eigenvalue weighted by atomic mass is 10.2. The highest BCUT2D eigenvalue weighted by atomic mass is 32.2. The van der Waals surface area contributed by atoms with E-state index in [2.05, 4.69) is 15.2 Å². The molecular weight excluding hydrogens is 434 g/mol. The van der Waals surface area contributed by atoms with E-state index in [4.69, 9.17) is 0 Å². The Labute approximate surface area is 185 Å². The number of nitrogens with one attached hydrogen (secondary N) is 1. The molecule has 1 amide bonds. The Morgan fingerprint density at radius 2 is 1.71 bits per heavy atom. The van der Waals surface area contributed by atoms with Gasteiger partial charge in [-0.2, -0.15) is 4.31 Å². The number of aromatic nitrogens is 3. The summed E-state index contributed by atoms with van der Waals surface area (Å²) >= 11 is 1.27. The first-order chi connectivity index (χ1) is 14.9. The zero-order chi connectivity index (χ0) is 21.8. The normalized spacial score (nSPS) is 15.2. The number of hydrogen-bond donors (Lipinski definition) is 1. The molecule has 1 aliphatic heterocycles. The number of carbonyl (C=O) groups is 1. The Morgan fingerprint density at radius 3 is 2.39 bits per heavy atom. The van der Waals surface area contributed by atoms with E-state index in [-0.39, 0.29) is 29.6 Å². The summed E-state index contributed by atoms with van der Waals surface area (Å²) in [6, 6.07) is 16.5. The Morgan fingerprint density at radius 1 is 1.03 bits per heavy atom. The monoisotopic (exact) mass is 457 g/mol. The summed E-state index contributed by atoms with van der Waals surface area (Å²) in [6.07, 6.45) is 0. The number of nitrogens with zero attached hydrogens (tertiary/aromatic N) is 4. The van der Waals surface area contributed by atoms with Crippen LogP contribution in [0.15, 0.2) is 64.6 Å². The van der Waals surface area contributed by atoms with E-state index < -0.39 is 10.0 Å². The second kappa shape index (κ2) is 9.21. The van der Waals surface area contributed by atoms with Crippen molar-refractivity contribution in [3.63, 3.8) is 0 Å².